The third-order valence-electron chi connectivity index (χ3n) is 4.87. The number of anilines is 1. The maximum absolute atomic E-state index is 12.8. The maximum atomic E-state index is 12.8. The molecule has 0 aliphatic rings. The van der Waals surface area contributed by atoms with E-state index >= 15 is 0 Å². The predicted molar refractivity (Wildman–Crippen MR) is 119 cm³/mol. The number of amides is 1. The summed E-state index contributed by atoms with van der Waals surface area (Å²) >= 11 is 0. The number of pyridine rings is 1. The first kappa shape index (κ1) is 20.3. The Morgan fingerprint density at radius 2 is 1.81 bits per heavy atom. The number of nitrogens with one attached hydrogen (secondary N) is 1. The Bertz CT molecular complexity index is 1250. The fourth-order valence-electron chi connectivity index (χ4n) is 3.20. The second-order valence-corrected chi connectivity index (χ2v) is 7.09. The number of hydrogen-bond donors (Lipinski definition) is 1. The monoisotopic (exact) mass is 414 g/mol. The fraction of sp³-hybridized carbons (Fsp3) is 0.167. The molecule has 1 N–H and O–H groups in total. The molecule has 2 heterocycles. The van der Waals surface area contributed by atoms with Crippen LogP contribution in [-0.2, 0) is 4.74 Å². The molecular formula is C24H22N4O3. The van der Waals surface area contributed by atoms with Gasteiger partial charge in [-0.3, -0.25) is 4.79 Å². The number of rotatable bonds is 6. The van der Waals surface area contributed by atoms with E-state index in [4.69, 9.17) is 4.74 Å². The first-order valence-electron chi connectivity index (χ1n) is 10.1. The van der Waals surface area contributed by atoms with Crippen molar-refractivity contribution in [3.05, 3.63) is 83.7 Å². The van der Waals surface area contributed by atoms with Gasteiger partial charge in [0.1, 0.15) is 0 Å². The summed E-state index contributed by atoms with van der Waals surface area (Å²) in [5.41, 5.74) is 3.01. The van der Waals surface area contributed by atoms with Gasteiger partial charge in [-0.05, 0) is 55.8 Å². The number of ether oxygens (including phenoxy) is 1. The molecule has 31 heavy (non-hydrogen) atoms. The van der Waals surface area contributed by atoms with E-state index in [2.05, 4.69) is 15.4 Å². The van der Waals surface area contributed by atoms with Crippen LogP contribution in [0.25, 0.3) is 16.7 Å². The summed E-state index contributed by atoms with van der Waals surface area (Å²) in [6.45, 7) is 4.14. The second-order valence-electron chi connectivity index (χ2n) is 7.09. The lowest BCUT2D eigenvalue weighted by atomic mass is 10.2. The van der Waals surface area contributed by atoms with Crippen LogP contribution in [0.3, 0.4) is 0 Å². The molecule has 2 aromatic heterocycles. The molecule has 0 saturated carbocycles. The average molecular weight is 414 g/mol. The lowest BCUT2D eigenvalue weighted by molar-refractivity contribution is 0.0505. The summed E-state index contributed by atoms with van der Waals surface area (Å²) < 4.78 is 6.76. The van der Waals surface area contributed by atoms with Crippen LogP contribution in [0.1, 0.15) is 39.8 Å². The van der Waals surface area contributed by atoms with Crippen LogP contribution >= 0.6 is 0 Å². The number of carbonyl (C=O) groups excluding carboxylic acids is 2. The smallest absolute Gasteiger partial charge is 0.338 e. The molecule has 0 aliphatic heterocycles. The number of esters is 1. The topological polar surface area (TPSA) is 86.1 Å². The van der Waals surface area contributed by atoms with Gasteiger partial charge in [0.15, 0.2) is 5.82 Å². The third-order valence-corrected chi connectivity index (χ3v) is 4.87. The standard InChI is InChI=1S/C24H22N4O3/c1-3-14-31-24(30)18-8-11-19(12-9-18)26-23(29)20-15-25-28(16(20)2)22-13-10-17-6-4-5-7-21(17)27-22/h4-13,15H,3,14H2,1-2H3,(H,26,29). The highest BCUT2D eigenvalue weighted by Gasteiger charge is 2.16. The first-order valence-corrected chi connectivity index (χ1v) is 10.1. The third kappa shape index (κ3) is 4.30. The molecule has 0 spiro atoms. The van der Waals surface area contributed by atoms with Crippen LogP contribution < -0.4 is 5.32 Å². The molecule has 4 rings (SSSR count). The molecule has 2 aromatic carbocycles. The molecule has 1 amide bonds. The fourth-order valence-corrected chi connectivity index (χ4v) is 3.20. The molecule has 0 radical (unpaired) electrons. The first-order chi connectivity index (χ1) is 15.1. The maximum Gasteiger partial charge on any atom is 0.338 e. The molecule has 0 saturated heterocycles. The average Bonchev–Trinajstić information content (AvgIpc) is 3.19. The number of fused-ring (bicyclic) bond motifs is 1. The van der Waals surface area contributed by atoms with Gasteiger partial charge in [-0.2, -0.15) is 5.10 Å². The number of aromatic nitrogens is 3. The van der Waals surface area contributed by atoms with E-state index in [9.17, 15) is 9.59 Å². The summed E-state index contributed by atoms with van der Waals surface area (Å²) in [6, 6.07) is 18.3. The summed E-state index contributed by atoms with van der Waals surface area (Å²) in [5.74, 6) is -0.0178. The van der Waals surface area contributed by atoms with Crippen LogP contribution in [-0.4, -0.2) is 33.2 Å². The molecule has 0 bridgehead atoms. The van der Waals surface area contributed by atoms with Crippen molar-refractivity contribution in [1.29, 1.82) is 0 Å². The van der Waals surface area contributed by atoms with E-state index in [1.54, 1.807) is 28.9 Å². The number of hydrogen-bond acceptors (Lipinski definition) is 5. The molecule has 156 valence electrons. The van der Waals surface area contributed by atoms with Gasteiger partial charge >= 0.3 is 5.97 Å². The van der Waals surface area contributed by atoms with Crippen molar-refractivity contribution >= 4 is 28.5 Å². The van der Waals surface area contributed by atoms with Crippen molar-refractivity contribution in [2.75, 3.05) is 11.9 Å². The molecule has 0 fully saturated rings. The van der Waals surface area contributed by atoms with Crippen molar-refractivity contribution in [2.24, 2.45) is 0 Å². The zero-order valence-corrected chi connectivity index (χ0v) is 17.3. The van der Waals surface area contributed by atoms with Crippen LogP contribution in [0.2, 0.25) is 0 Å². The number of nitrogens with zero attached hydrogens (tertiary/aromatic N) is 3. The SMILES string of the molecule is CCCOC(=O)c1ccc(NC(=O)c2cnn(-c3ccc4ccccc4n3)c2C)cc1. The van der Waals surface area contributed by atoms with Crippen molar-refractivity contribution in [3.63, 3.8) is 0 Å². The Morgan fingerprint density at radius 3 is 2.58 bits per heavy atom. The zero-order valence-electron chi connectivity index (χ0n) is 17.3. The van der Waals surface area contributed by atoms with E-state index in [0.29, 0.717) is 34.9 Å². The Hall–Kier alpha value is -4.00. The Balaban J connectivity index is 1.50. The minimum Gasteiger partial charge on any atom is -0.462 e. The minimum atomic E-state index is -0.375. The van der Waals surface area contributed by atoms with Gasteiger partial charge in [-0.15, -0.1) is 0 Å². The highest BCUT2D eigenvalue weighted by molar-refractivity contribution is 6.05. The Morgan fingerprint density at radius 1 is 1.03 bits per heavy atom. The molecule has 7 nitrogen and oxygen atoms in total. The van der Waals surface area contributed by atoms with Crippen LogP contribution in [0.5, 0.6) is 0 Å². The molecule has 7 heteroatoms. The molecule has 0 unspecified atom stereocenters. The Labute approximate surface area is 179 Å². The highest BCUT2D eigenvalue weighted by Crippen LogP contribution is 2.18. The van der Waals surface area contributed by atoms with Gasteiger partial charge in [-0.25, -0.2) is 14.5 Å². The number of para-hydroxylation sites is 1. The summed E-state index contributed by atoms with van der Waals surface area (Å²) in [5, 5.41) is 8.23. The molecular weight excluding hydrogens is 392 g/mol. The van der Waals surface area contributed by atoms with Gasteiger partial charge in [-0.1, -0.05) is 25.1 Å². The van der Waals surface area contributed by atoms with E-state index in [-0.39, 0.29) is 11.9 Å². The van der Waals surface area contributed by atoms with Crippen LogP contribution in [0.15, 0.2) is 66.9 Å². The van der Waals surface area contributed by atoms with Gasteiger partial charge < -0.3 is 10.1 Å². The van der Waals surface area contributed by atoms with Crippen LogP contribution in [0, 0.1) is 6.92 Å². The molecule has 0 atom stereocenters. The molecule has 4 aromatic rings. The molecule has 0 aliphatic carbocycles. The van der Waals surface area contributed by atoms with Crippen LogP contribution in [0.4, 0.5) is 5.69 Å². The summed E-state index contributed by atoms with van der Waals surface area (Å²) in [7, 11) is 0. The normalized spacial score (nSPS) is 10.8. The number of carbonyl (C=O) groups is 2. The predicted octanol–water partition coefficient (Wildman–Crippen LogP) is 4.55. The van der Waals surface area contributed by atoms with Crippen molar-refractivity contribution in [2.45, 2.75) is 20.3 Å². The van der Waals surface area contributed by atoms with E-state index < -0.39 is 0 Å². The lowest BCUT2D eigenvalue weighted by Crippen LogP contribution is -2.13. The number of benzene rings is 2. The largest absolute Gasteiger partial charge is 0.462 e. The summed E-state index contributed by atoms with van der Waals surface area (Å²) in [6.07, 6.45) is 2.29. The van der Waals surface area contributed by atoms with E-state index in [1.807, 2.05) is 50.2 Å². The lowest BCUT2D eigenvalue weighted by Gasteiger charge is -2.08. The van der Waals surface area contributed by atoms with Crippen molar-refractivity contribution in [1.82, 2.24) is 14.8 Å². The minimum absolute atomic E-state index is 0.286. The summed E-state index contributed by atoms with van der Waals surface area (Å²) in [4.78, 5) is 29.3. The zero-order chi connectivity index (χ0) is 21.8. The van der Waals surface area contributed by atoms with Gasteiger partial charge in [0.2, 0.25) is 0 Å². The van der Waals surface area contributed by atoms with Gasteiger partial charge in [0, 0.05) is 11.1 Å². The van der Waals surface area contributed by atoms with E-state index in [0.717, 1.165) is 17.3 Å². The Kier molecular flexibility index (Phi) is 5.75. The quantitative estimate of drug-likeness (QED) is 0.468. The van der Waals surface area contributed by atoms with Crippen molar-refractivity contribution in [3.8, 4) is 5.82 Å². The van der Waals surface area contributed by atoms with Gasteiger partial charge in [0.25, 0.3) is 5.91 Å². The highest BCUT2D eigenvalue weighted by atomic mass is 16.5. The van der Waals surface area contributed by atoms with E-state index in [1.165, 1.54) is 6.20 Å². The van der Waals surface area contributed by atoms with Crippen molar-refractivity contribution < 1.29 is 14.3 Å². The van der Waals surface area contributed by atoms with Gasteiger partial charge in [0.05, 0.1) is 35.1 Å². The second kappa shape index (κ2) is 8.79.